The zero-order valence-corrected chi connectivity index (χ0v) is 20.8. The summed E-state index contributed by atoms with van der Waals surface area (Å²) in [6.45, 7) is 1.82. The normalized spacial score (nSPS) is 14.4. The number of amides is 1. The molecule has 12 heteroatoms. The number of rotatable bonds is 9. The Labute approximate surface area is 213 Å². The maximum atomic E-state index is 13.4. The van der Waals surface area contributed by atoms with Crippen molar-refractivity contribution in [1.29, 1.82) is 5.26 Å². The first-order valence-corrected chi connectivity index (χ1v) is 11.5. The molecule has 0 atom stereocenters. The van der Waals surface area contributed by atoms with Crippen LogP contribution in [-0.4, -0.2) is 67.2 Å². The highest BCUT2D eigenvalue weighted by molar-refractivity contribution is 6.14. The van der Waals surface area contributed by atoms with Gasteiger partial charge in [-0.05, 0) is 6.07 Å². The molecule has 1 amide bonds. The van der Waals surface area contributed by atoms with Crippen LogP contribution < -0.4 is 16.4 Å². The van der Waals surface area contributed by atoms with E-state index in [1.165, 1.54) is 12.4 Å². The molecule has 4 heterocycles. The Morgan fingerprint density at radius 2 is 2.16 bits per heavy atom. The van der Waals surface area contributed by atoms with E-state index in [0.717, 1.165) is 0 Å². The molecular weight excluding hydrogens is 476 g/mol. The lowest BCUT2D eigenvalue weighted by Crippen LogP contribution is -2.15. The number of anilines is 2. The van der Waals surface area contributed by atoms with Crippen molar-refractivity contribution in [3.05, 3.63) is 53.1 Å². The number of aliphatic imine (C=N–C) groups is 1. The number of fused-ring (bicyclic) bond motifs is 1. The second kappa shape index (κ2) is 11.6. The molecule has 3 aromatic heterocycles. The quantitative estimate of drug-likeness (QED) is 0.293. The van der Waals surface area contributed by atoms with Crippen LogP contribution in [0.25, 0.3) is 16.6 Å². The van der Waals surface area contributed by atoms with E-state index in [-0.39, 0.29) is 5.82 Å². The SMILES string of the molecule is CN=CC(=CN)c1cc2c(nc1C1OCCO1)c(C(=O)Nc1cc(NCCOC)c(C#N)cn1)cn2C. The number of carbonyl (C=O) groups excluding carboxylic acids is 1. The zero-order chi connectivity index (χ0) is 26.4. The van der Waals surface area contributed by atoms with Crippen molar-refractivity contribution in [3.63, 3.8) is 0 Å². The molecule has 0 radical (unpaired) electrons. The lowest BCUT2D eigenvalue weighted by atomic mass is 10.0. The van der Waals surface area contributed by atoms with Gasteiger partial charge in [0.2, 0.25) is 6.29 Å². The zero-order valence-electron chi connectivity index (χ0n) is 20.8. The van der Waals surface area contributed by atoms with E-state index in [1.807, 2.05) is 17.7 Å². The van der Waals surface area contributed by atoms with Gasteiger partial charge in [0.05, 0.1) is 42.2 Å². The Morgan fingerprint density at radius 1 is 1.38 bits per heavy atom. The molecule has 4 rings (SSSR count). The van der Waals surface area contributed by atoms with Gasteiger partial charge < -0.3 is 35.1 Å². The average Bonchev–Trinajstić information content (AvgIpc) is 3.55. The summed E-state index contributed by atoms with van der Waals surface area (Å²) in [7, 11) is 5.07. The molecule has 1 aliphatic rings. The monoisotopic (exact) mass is 504 g/mol. The van der Waals surface area contributed by atoms with Crippen molar-refractivity contribution in [1.82, 2.24) is 14.5 Å². The number of hydrogen-bond acceptors (Lipinski definition) is 10. The molecule has 0 bridgehead atoms. The number of allylic oxidation sites excluding steroid dienone is 1. The lowest BCUT2D eigenvalue weighted by Gasteiger charge is -2.15. The lowest BCUT2D eigenvalue weighted by molar-refractivity contribution is -0.0472. The number of carbonyl (C=O) groups is 1. The van der Waals surface area contributed by atoms with Crippen LogP contribution in [0.1, 0.15) is 33.5 Å². The Hall–Kier alpha value is -4.31. The number of pyridine rings is 2. The summed E-state index contributed by atoms with van der Waals surface area (Å²) < 4.78 is 18.3. The highest BCUT2D eigenvalue weighted by Gasteiger charge is 2.27. The van der Waals surface area contributed by atoms with Crippen molar-refractivity contribution < 1.29 is 19.0 Å². The molecule has 12 nitrogen and oxygen atoms in total. The van der Waals surface area contributed by atoms with Gasteiger partial charge in [-0.1, -0.05) is 0 Å². The van der Waals surface area contributed by atoms with E-state index in [0.29, 0.717) is 71.0 Å². The van der Waals surface area contributed by atoms with Crippen LogP contribution in [0.4, 0.5) is 11.5 Å². The second-order valence-corrected chi connectivity index (χ2v) is 8.13. The predicted molar refractivity (Wildman–Crippen MR) is 139 cm³/mol. The van der Waals surface area contributed by atoms with Crippen molar-refractivity contribution in [2.24, 2.45) is 17.8 Å². The van der Waals surface area contributed by atoms with Crippen LogP contribution in [0.5, 0.6) is 0 Å². The van der Waals surface area contributed by atoms with Gasteiger partial charge in [-0.25, -0.2) is 9.97 Å². The topological polar surface area (TPSA) is 162 Å². The number of nitriles is 1. The number of aromatic nitrogens is 3. The van der Waals surface area contributed by atoms with E-state index in [1.54, 1.807) is 32.6 Å². The van der Waals surface area contributed by atoms with Gasteiger partial charge in [-0.15, -0.1) is 0 Å². The minimum Gasteiger partial charge on any atom is -0.404 e. The van der Waals surface area contributed by atoms with Gasteiger partial charge in [-0.3, -0.25) is 9.79 Å². The summed E-state index contributed by atoms with van der Waals surface area (Å²) in [6.07, 6.45) is 5.47. The molecule has 0 unspecified atom stereocenters. The summed E-state index contributed by atoms with van der Waals surface area (Å²) >= 11 is 0. The first-order valence-electron chi connectivity index (χ1n) is 11.5. The third kappa shape index (κ3) is 5.44. The fourth-order valence-corrected chi connectivity index (χ4v) is 3.97. The van der Waals surface area contributed by atoms with Crippen molar-refractivity contribution in [2.45, 2.75) is 6.29 Å². The summed E-state index contributed by atoms with van der Waals surface area (Å²) in [5.41, 5.74) is 10.1. The molecule has 0 aromatic carbocycles. The molecule has 1 saturated heterocycles. The number of aryl methyl sites for hydroxylation is 1. The summed E-state index contributed by atoms with van der Waals surface area (Å²) in [6, 6.07) is 5.58. The average molecular weight is 505 g/mol. The molecule has 0 saturated carbocycles. The number of hydrogen-bond donors (Lipinski definition) is 3. The van der Waals surface area contributed by atoms with Gasteiger partial charge in [0.25, 0.3) is 5.91 Å². The fraction of sp³-hybridized carbons (Fsp3) is 0.320. The number of methoxy groups -OCH3 is 1. The predicted octanol–water partition coefficient (Wildman–Crippen LogP) is 2.20. The number of nitrogens with zero attached hydrogens (tertiary/aromatic N) is 5. The minimum absolute atomic E-state index is 0.285. The van der Waals surface area contributed by atoms with Crippen LogP contribution in [0.15, 0.2) is 35.7 Å². The van der Waals surface area contributed by atoms with E-state index in [2.05, 4.69) is 26.7 Å². The highest BCUT2D eigenvalue weighted by atomic mass is 16.7. The Balaban J connectivity index is 1.72. The summed E-state index contributed by atoms with van der Waals surface area (Å²) in [4.78, 5) is 26.5. The molecule has 192 valence electrons. The summed E-state index contributed by atoms with van der Waals surface area (Å²) in [5.74, 6) is -0.123. The Bertz CT molecular complexity index is 1400. The maximum absolute atomic E-state index is 13.4. The Kier molecular flexibility index (Phi) is 8.09. The standard InChI is InChI=1S/C25H28N8O4/c1-28-12-15(10-26)17-8-20-22(32-23(17)25-36-6-7-37-25)18(14-33(20)2)24(34)31-21-9-19(29-4-5-35-3)16(11-27)13-30-21/h8-10,12-14,25H,4-7,26H2,1-3H3,(H2,29,30,31,34). The molecule has 0 spiro atoms. The molecule has 3 aromatic rings. The van der Waals surface area contributed by atoms with Crippen molar-refractivity contribution in [2.75, 3.05) is 51.2 Å². The third-order valence-electron chi connectivity index (χ3n) is 5.73. The molecule has 0 aliphatic carbocycles. The number of ether oxygens (including phenoxy) is 3. The van der Waals surface area contributed by atoms with E-state index in [9.17, 15) is 10.1 Å². The van der Waals surface area contributed by atoms with Crippen LogP contribution in [0, 0.1) is 11.3 Å². The smallest absolute Gasteiger partial charge is 0.260 e. The van der Waals surface area contributed by atoms with Crippen molar-refractivity contribution in [3.8, 4) is 6.07 Å². The number of nitrogens with two attached hydrogens (primary N) is 1. The van der Waals surface area contributed by atoms with Gasteiger partial charge in [0.1, 0.15) is 23.1 Å². The summed E-state index contributed by atoms with van der Waals surface area (Å²) in [5, 5.41) is 15.3. The molecular formula is C25H28N8O4. The van der Waals surface area contributed by atoms with Gasteiger partial charge in [0, 0.05) is 69.8 Å². The minimum atomic E-state index is -0.698. The van der Waals surface area contributed by atoms with Gasteiger partial charge >= 0.3 is 0 Å². The molecule has 4 N–H and O–H groups in total. The van der Waals surface area contributed by atoms with Crippen LogP contribution >= 0.6 is 0 Å². The number of nitrogens with one attached hydrogen (secondary N) is 2. The largest absolute Gasteiger partial charge is 0.404 e. The highest BCUT2D eigenvalue weighted by Crippen LogP contribution is 2.32. The van der Waals surface area contributed by atoms with Crippen LogP contribution in [-0.2, 0) is 21.3 Å². The second-order valence-electron chi connectivity index (χ2n) is 8.13. The molecule has 1 fully saturated rings. The molecule has 37 heavy (non-hydrogen) atoms. The van der Waals surface area contributed by atoms with Crippen LogP contribution in [0.2, 0.25) is 0 Å². The van der Waals surface area contributed by atoms with Gasteiger partial charge in [0.15, 0.2) is 0 Å². The Morgan fingerprint density at radius 3 is 2.84 bits per heavy atom. The fourth-order valence-electron chi connectivity index (χ4n) is 3.97. The molecule has 1 aliphatic heterocycles. The van der Waals surface area contributed by atoms with E-state index in [4.69, 9.17) is 24.9 Å². The van der Waals surface area contributed by atoms with Gasteiger partial charge in [-0.2, -0.15) is 5.26 Å². The van der Waals surface area contributed by atoms with Crippen molar-refractivity contribution >= 4 is 40.2 Å². The first kappa shape index (κ1) is 25.8. The van der Waals surface area contributed by atoms with E-state index < -0.39 is 12.2 Å². The van der Waals surface area contributed by atoms with Crippen LogP contribution in [0.3, 0.4) is 0 Å². The maximum Gasteiger partial charge on any atom is 0.260 e. The third-order valence-corrected chi connectivity index (χ3v) is 5.73. The first-order chi connectivity index (χ1) is 18.0. The van der Waals surface area contributed by atoms with E-state index >= 15 is 0 Å².